The van der Waals surface area contributed by atoms with Crippen molar-refractivity contribution in [1.29, 1.82) is 0 Å². The molecule has 2 aromatic rings. The molecule has 0 spiro atoms. The number of thiocarbonyl (C=S) groups is 1. The first-order valence-corrected chi connectivity index (χ1v) is 12.7. The Bertz CT molecular complexity index is 912. The quantitative estimate of drug-likeness (QED) is 0.324. The van der Waals surface area contributed by atoms with Gasteiger partial charge in [-0.15, -0.1) is 12.4 Å². The summed E-state index contributed by atoms with van der Waals surface area (Å²) in [7, 11) is 3.34. The van der Waals surface area contributed by atoms with E-state index in [1.807, 2.05) is 48.5 Å². The van der Waals surface area contributed by atoms with Crippen molar-refractivity contribution >= 4 is 35.5 Å². The van der Waals surface area contributed by atoms with Crippen molar-refractivity contribution in [3.8, 4) is 17.2 Å². The lowest BCUT2D eigenvalue weighted by molar-refractivity contribution is -0.0288. The molecular formula is C27H37ClN2O4S. The van der Waals surface area contributed by atoms with Crippen LogP contribution in [0.4, 0.5) is 5.69 Å². The van der Waals surface area contributed by atoms with Crippen LogP contribution in [-0.4, -0.2) is 56.1 Å². The zero-order valence-corrected chi connectivity index (χ0v) is 22.2. The van der Waals surface area contributed by atoms with Crippen LogP contribution in [0.2, 0.25) is 0 Å². The zero-order chi connectivity index (χ0) is 23.8. The predicted octanol–water partition coefficient (Wildman–Crippen LogP) is 5.94. The third-order valence-corrected chi connectivity index (χ3v) is 7.14. The molecule has 0 bridgehead atoms. The number of fused-ring (bicyclic) bond motifs is 1. The topological polar surface area (TPSA) is 52.2 Å². The second-order valence-corrected chi connectivity index (χ2v) is 9.39. The number of piperidine rings is 1. The van der Waals surface area contributed by atoms with E-state index in [0.29, 0.717) is 17.1 Å². The van der Waals surface area contributed by atoms with Gasteiger partial charge in [-0.05, 0) is 86.4 Å². The minimum absolute atomic E-state index is 0. The van der Waals surface area contributed by atoms with Gasteiger partial charge in [0, 0.05) is 30.7 Å². The van der Waals surface area contributed by atoms with Gasteiger partial charge in [-0.3, -0.25) is 4.90 Å². The highest BCUT2D eigenvalue weighted by Gasteiger charge is 2.40. The molecule has 2 aromatic carbocycles. The molecule has 0 amide bonds. The molecule has 3 atom stereocenters. The summed E-state index contributed by atoms with van der Waals surface area (Å²) in [6, 6.07) is 16.1. The molecule has 1 saturated carbocycles. The lowest BCUT2D eigenvalue weighted by atomic mass is 9.76. The molecule has 6 nitrogen and oxygen atoms in total. The number of hydrogen-bond donors (Lipinski definition) is 1. The number of methoxy groups -OCH3 is 2. The van der Waals surface area contributed by atoms with Gasteiger partial charge in [0.15, 0.2) is 0 Å². The summed E-state index contributed by atoms with van der Waals surface area (Å²) in [5.74, 6) is 3.09. The van der Waals surface area contributed by atoms with Gasteiger partial charge < -0.3 is 24.3 Å². The lowest BCUT2D eigenvalue weighted by Crippen LogP contribution is -2.54. The van der Waals surface area contributed by atoms with Crippen molar-refractivity contribution in [2.24, 2.45) is 5.92 Å². The van der Waals surface area contributed by atoms with Gasteiger partial charge in [0.05, 0.1) is 20.8 Å². The van der Waals surface area contributed by atoms with Crippen LogP contribution >= 0.6 is 24.6 Å². The van der Waals surface area contributed by atoms with Crippen LogP contribution in [-0.2, 0) is 4.74 Å². The van der Waals surface area contributed by atoms with Crippen molar-refractivity contribution in [3.63, 3.8) is 0 Å². The van der Waals surface area contributed by atoms with Crippen LogP contribution in [0.1, 0.15) is 38.5 Å². The summed E-state index contributed by atoms with van der Waals surface area (Å²) in [5, 5.41) is 3.69. The summed E-state index contributed by atoms with van der Waals surface area (Å²) in [4.78, 5) is 2.65. The van der Waals surface area contributed by atoms with E-state index >= 15 is 0 Å². The zero-order valence-electron chi connectivity index (χ0n) is 20.6. The van der Waals surface area contributed by atoms with Gasteiger partial charge in [-0.2, -0.15) is 0 Å². The van der Waals surface area contributed by atoms with E-state index in [0.717, 1.165) is 55.5 Å². The first-order valence-electron chi connectivity index (χ1n) is 12.3. The van der Waals surface area contributed by atoms with E-state index in [4.69, 9.17) is 31.2 Å². The molecule has 8 heteroatoms. The van der Waals surface area contributed by atoms with Gasteiger partial charge >= 0.3 is 0 Å². The van der Waals surface area contributed by atoms with Crippen molar-refractivity contribution in [3.05, 3.63) is 48.5 Å². The highest BCUT2D eigenvalue weighted by Crippen LogP contribution is 2.37. The molecule has 192 valence electrons. The summed E-state index contributed by atoms with van der Waals surface area (Å²) in [5.41, 5.74) is 0.917. The normalized spacial score (nSPS) is 21.7. The molecule has 2 aliphatic rings. The molecule has 1 aliphatic heterocycles. The molecule has 1 heterocycles. The number of benzene rings is 2. The number of ether oxygens (including phenoxy) is 4. The summed E-state index contributed by atoms with van der Waals surface area (Å²) >= 11 is 5.55. The summed E-state index contributed by atoms with van der Waals surface area (Å²) in [6.07, 6.45) is 7.20. The Balaban J connectivity index is 0.00000342. The van der Waals surface area contributed by atoms with Crippen LogP contribution < -0.4 is 19.5 Å². The minimum Gasteiger partial charge on any atom is -0.497 e. The molecule has 2 fully saturated rings. The number of nitrogens with one attached hydrogen (secondary N) is 1. The Morgan fingerprint density at radius 2 is 1.54 bits per heavy atom. The van der Waals surface area contributed by atoms with E-state index < -0.39 is 0 Å². The largest absolute Gasteiger partial charge is 0.497 e. The van der Waals surface area contributed by atoms with Crippen molar-refractivity contribution < 1.29 is 18.9 Å². The number of nitrogens with zero attached hydrogens (tertiary/aromatic N) is 1. The van der Waals surface area contributed by atoms with Crippen LogP contribution in [0.3, 0.4) is 0 Å². The third kappa shape index (κ3) is 7.63. The second-order valence-electron chi connectivity index (χ2n) is 9.02. The maximum Gasteiger partial charge on any atom is 0.261 e. The monoisotopic (exact) mass is 520 g/mol. The van der Waals surface area contributed by atoms with E-state index in [2.05, 4.69) is 10.2 Å². The maximum atomic E-state index is 6.30. The highest BCUT2D eigenvalue weighted by atomic mass is 35.5. The van der Waals surface area contributed by atoms with Gasteiger partial charge in [-0.25, -0.2) is 0 Å². The Morgan fingerprint density at radius 3 is 2.23 bits per heavy atom. The average Bonchev–Trinajstić information content (AvgIpc) is 2.88. The predicted molar refractivity (Wildman–Crippen MR) is 146 cm³/mol. The number of anilines is 1. The number of halogens is 1. The van der Waals surface area contributed by atoms with Gasteiger partial charge in [-0.1, -0.05) is 12.8 Å². The molecule has 0 radical (unpaired) electrons. The van der Waals surface area contributed by atoms with E-state index in [-0.39, 0.29) is 18.5 Å². The number of hydrogen-bond acceptors (Lipinski definition) is 6. The van der Waals surface area contributed by atoms with E-state index in [9.17, 15) is 0 Å². The number of rotatable bonds is 9. The van der Waals surface area contributed by atoms with Crippen LogP contribution in [0.15, 0.2) is 48.5 Å². The maximum absolute atomic E-state index is 6.30. The minimum atomic E-state index is 0. The molecule has 1 N–H and O–H groups in total. The van der Waals surface area contributed by atoms with Gasteiger partial charge in [0.1, 0.15) is 23.4 Å². The molecular weight excluding hydrogens is 484 g/mol. The molecule has 1 unspecified atom stereocenters. The standard InChI is InChI=1S/C27H36N2O4S.ClH/c1-30-21-10-8-20(9-11-21)28-27(34)33-26-16-18-29(25-7-4-3-6-24(25)26)17-5-19-32-23-14-12-22(31-2)13-15-23;/h8-15,24-26H,3-7,16-19H2,1-2H3,(H,28,34);1H/t24-,25?,26+;/m1./s1. The first-order chi connectivity index (χ1) is 16.7. The fourth-order valence-corrected chi connectivity index (χ4v) is 5.45. The summed E-state index contributed by atoms with van der Waals surface area (Å²) in [6.45, 7) is 2.81. The fourth-order valence-electron chi connectivity index (χ4n) is 5.21. The first kappa shape index (κ1) is 27.4. The second kappa shape index (κ2) is 13.8. The SMILES string of the molecule is COc1ccc(NC(=S)O[C@H]2CCN(CCCOc3ccc(OC)cc3)C3CCCC[C@H]32)cc1.Cl. The van der Waals surface area contributed by atoms with Crippen molar-refractivity contribution in [2.75, 3.05) is 39.2 Å². The molecule has 1 aliphatic carbocycles. The highest BCUT2D eigenvalue weighted by molar-refractivity contribution is 7.80. The van der Waals surface area contributed by atoms with E-state index in [1.165, 1.54) is 25.7 Å². The van der Waals surface area contributed by atoms with E-state index in [1.54, 1.807) is 14.2 Å². The van der Waals surface area contributed by atoms with Gasteiger partial charge in [0.25, 0.3) is 5.17 Å². The van der Waals surface area contributed by atoms with Gasteiger partial charge in [0.2, 0.25) is 0 Å². The molecule has 4 rings (SSSR count). The lowest BCUT2D eigenvalue weighted by Gasteiger charge is -2.47. The smallest absolute Gasteiger partial charge is 0.261 e. The Kier molecular flexibility index (Phi) is 10.8. The molecule has 1 saturated heterocycles. The van der Waals surface area contributed by atoms with Crippen LogP contribution in [0.5, 0.6) is 17.2 Å². The third-order valence-electron chi connectivity index (χ3n) is 6.94. The molecule has 0 aromatic heterocycles. The Morgan fingerprint density at radius 1 is 0.914 bits per heavy atom. The number of likely N-dealkylation sites (tertiary alicyclic amines) is 1. The van der Waals surface area contributed by atoms with Crippen LogP contribution in [0.25, 0.3) is 0 Å². The Labute approximate surface area is 220 Å². The van der Waals surface area contributed by atoms with Crippen LogP contribution in [0, 0.1) is 5.92 Å². The molecule has 35 heavy (non-hydrogen) atoms. The summed E-state index contributed by atoms with van der Waals surface area (Å²) < 4.78 is 22.7. The fraction of sp³-hybridized carbons (Fsp3) is 0.519. The average molecular weight is 521 g/mol. The van der Waals surface area contributed by atoms with Crippen molar-refractivity contribution in [2.45, 2.75) is 50.7 Å². The Hall–Kier alpha value is -2.22. The van der Waals surface area contributed by atoms with Crippen molar-refractivity contribution in [1.82, 2.24) is 4.90 Å².